The van der Waals surface area contributed by atoms with Gasteiger partial charge in [0, 0.05) is 0 Å². The lowest BCUT2D eigenvalue weighted by atomic mass is 9.49. The summed E-state index contributed by atoms with van der Waals surface area (Å²) in [6, 6.07) is 13.7. The van der Waals surface area contributed by atoms with Crippen molar-refractivity contribution in [2.75, 3.05) is 7.11 Å². The number of carbonyl (C=O) groups excluding carboxylic acids is 2. The van der Waals surface area contributed by atoms with Crippen molar-refractivity contribution in [3.05, 3.63) is 64.1 Å². The largest absolute Gasteiger partial charge is 0.493 e. The van der Waals surface area contributed by atoms with Gasteiger partial charge in [-0.3, -0.25) is 15.0 Å². The Balaban J connectivity index is 1.14. The summed E-state index contributed by atoms with van der Waals surface area (Å²) in [5.41, 5.74) is 5.62. The molecule has 4 bridgehead atoms. The highest BCUT2D eigenvalue weighted by atomic mass is 32.2. The van der Waals surface area contributed by atoms with Gasteiger partial charge in [0.2, 0.25) is 5.91 Å². The maximum Gasteiger partial charge on any atom is 0.285 e. The fourth-order valence-electron chi connectivity index (χ4n) is 7.18. The van der Waals surface area contributed by atoms with Crippen LogP contribution in [0, 0.1) is 30.1 Å². The average molecular weight is 549 g/mol. The van der Waals surface area contributed by atoms with Gasteiger partial charge in [-0.25, -0.2) is 0 Å². The van der Waals surface area contributed by atoms with E-state index in [0.29, 0.717) is 45.1 Å². The van der Waals surface area contributed by atoms with Gasteiger partial charge in [0.15, 0.2) is 15.8 Å². The molecular formula is C30H32N2O4S2. The fourth-order valence-corrected chi connectivity index (χ4v) is 8.36. The molecular weight excluding hydrogens is 516 g/mol. The van der Waals surface area contributed by atoms with Crippen molar-refractivity contribution in [1.29, 1.82) is 0 Å². The third-order valence-corrected chi connectivity index (χ3v) is 9.79. The molecule has 4 aliphatic carbocycles. The van der Waals surface area contributed by atoms with E-state index >= 15 is 0 Å². The maximum atomic E-state index is 13.5. The number of methoxy groups -OCH3 is 1. The van der Waals surface area contributed by atoms with E-state index in [1.54, 1.807) is 13.2 Å². The number of amides is 2. The highest BCUT2D eigenvalue weighted by Gasteiger charge is 2.55. The number of hydrazine groups is 1. The lowest BCUT2D eigenvalue weighted by Crippen LogP contribution is -2.57. The highest BCUT2D eigenvalue weighted by molar-refractivity contribution is 8.26. The summed E-state index contributed by atoms with van der Waals surface area (Å²) in [5, 5.41) is 1.27. The van der Waals surface area contributed by atoms with Gasteiger partial charge in [-0.1, -0.05) is 47.7 Å². The molecule has 0 atom stereocenters. The minimum Gasteiger partial charge on any atom is -0.493 e. The molecule has 5 aliphatic rings. The Hall–Kier alpha value is -2.84. The molecule has 2 aromatic carbocycles. The standard InChI is InChI=1S/C30H32N2O4S2/c1-18-4-3-5-20(8-18)17-36-24-7-6-19(12-25(24)35-2)13-26-27(33)32(29(37)38-26)31-28(34)30-14-21-9-22(15-30)11-23(10-21)16-30/h3-8,12-13,21-23H,9-11,14-17H2,1-2H3,(H,31,34)/b26-13-. The van der Waals surface area contributed by atoms with Crippen molar-refractivity contribution in [2.24, 2.45) is 23.2 Å². The van der Waals surface area contributed by atoms with Crippen LogP contribution in [0.25, 0.3) is 6.08 Å². The third kappa shape index (κ3) is 4.84. The monoisotopic (exact) mass is 548 g/mol. The summed E-state index contributed by atoms with van der Waals surface area (Å²) in [5.74, 6) is 2.83. The zero-order chi connectivity index (χ0) is 26.4. The smallest absolute Gasteiger partial charge is 0.285 e. The van der Waals surface area contributed by atoms with Gasteiger partial charge in [-0.15, -0.1) is 0 Å². The number of benzene rings is 2. The second-order valence-electron chi connectivity index (χ2n) is 11.3. The predicted molar refractivity (Wildman–Crippen MR) is 152 cm³/mol. The zero-order valence-corrected chi connectivity index (χ0v) is 23.3. The SMILES string of the molecule is COc1cc(/C=C2\SC(=S)N(NC(=O)C34CC5CC(CC(C5)C3)C4)C2=O)ccc1OCc1cccc(C)c1. The molecule has 0 radical (unpaired) electrons. The number of hydrogen-bond donors (Lipinski definition) is 1. The van der Waals surface area contributed by atoms with Crippen molar-refractivity contribution < 1.29 is 19.1 Å². The van der Waals surface area contributed by atoms with Crippen LogP contribution in [0.2, 0.25) is 0 Å². The Kier molecular flexibility index (Phi) is 6.72. The summed E-state index contributed by atoms with van der Waals surface area (Å²) in [4.78, 5) is 27.2. The Labute approximate surface area is 233 Å². The van der Waals surface area contributed by atoms with Crippen LogP contribution in [0.4, 0.5) is 0 Å². The lowest BCUT2D eigenvalue weighted by molar-refractivity contribution is -0.152. The zero-order valence-electron chi connectivity index (χ0n) is 21.7. The number of thioether (sulfide) groups is 1. The topological polar surface area (TPSA) is 67.9 Å². The normalized spacial score (nSPS) is 28.7. The summed E-state index contributed by atoms with van der Waals surface area (Å²) < 4.78 is 11.9. The molecule has 0 unspecified atom stereocenters. The van der Waals surface area contributed by atoms with E-state index in [-0.39, 0.29) is 17.2 Å². The lowest BCUT2D eigenvalue weighted by Gasteiger charge is -2.55. The number of hydrogen-bond acceptors (Lipinski definition) is 6. The number of ether oxygens (including phenoxy) is 2. The Morgan fingerprint density at radius 1 is 1.11 bits per heavy atom. The molecule has 8 heteroatoms. The van der Waals surface area contributed by atoms with Crippen LogP contribution < -0.4 is 14.9 Å². The second-order valence-corrected chi connectivity index (χ2v) is 13.0. The molecule has 5 fully saturated rings. The second kappa shape index (κ2) is 10.0. The fraction of sp³-hybridized carbons (Fsp3) is 0.433. The summed E-state index contributed by atoms with van der Waals surface area (Å²) in [7, 11) is 1.60. The number of aryl methyl sites for hydroxylation is 1. The van der Waals surface area contributed by atoms with Crippen LogP contribution in [0.15, 0.2) is 47.4 Å². The quantitative estimate of drug-likeness (QED) is 0.337. The van der Waals surface area contributed by atoms with Crippen molar-refractivity contribution in [2.45, 2.75) is 52.1 Å². The summed E-state index contributed by atoms with van der Waals surface area (Å²) in [6.07, 6.45) is 8.37. The van der Waals surface area contributed by atoms with Crippen LogP contribution in [-0.4, -0.2) is 28.3 Å². The first-order valence-electron chi connectivity index (χ1n) is 13.3. The number of nitrogens with zero attached hydrogens (tertiary/aromatic N) is 1. The van der Waals surface area contributed by atoms with Crippen LogP contribution >= 0.6 is 24.0 Å². The number of carbonyl (C=O) groups is 2. The van der Waals surface area contributed by atoms with E-state index < -0.39 is 0 Å². The molecule has 2 amide bonds. The molecule has 1 N–H and O–H groups in total. The van der Waals surface area contributed by atoms with Crippen molar-refractivity contribution >= 4 is 46.2 Å². The minimum absolute atomic E-state index is 0.0362. The molecule has 2 aromatic rings. The van der Waals surface area contributed by atoms with Gasteiger partial charge in [0.1, 0.15) is 6.61 Å². The van der Waals surface area contributed by atoms with Crippen LogP contribution in [-0.2, 0) is 16.2 Å². The third-order valence-electron chi connectivity index (χ3n) is 8.49. The molecule has 38 heavy (non-hydrogen) atoms. The van der Waals surface area contributed by atoms with Gasteiger partial charge in [-0.05, 0) is 105 Å². The van der Waals surface area contributed by atoms with E-state index in [1.807, 2.05) is 30.3 Å². The van der Waals surface area contributed by atoms with E-state index in [1.165, 1.54) is 41.6 Å². The molecule has 0 spiro atoms. The van der Waals surface area contributed by atoms with Crippen LogP contribution in [0.1, 0.15) is 55.2 Å². The summed E-state index contributed by atoms with van der Waals surface area (Å²) >= 11 is 6.70. The van der Waals surface area contributed by atoms with Gasteiger partial charge >= 0.3 is 0 Å². The van der Waals surface area contributed by atoms with E-state index in [4.69, 9.17) is 21.7 Å². The minimum atomic E-state index is -0.344. The molecule has 0 aromatic heterocycles. The first-order valence-corrected chi connectivity index (χ1v) is 14.5. The van der Waals surface area contributed by atoms with Gasteiger partial charge in [0.25, 0.3) is 5.91 Å². The molecule has 1 saturated heterocycles. The molecule has 198 valence electrons. The first kappa shape index (κ1) is 25.4. The molecule has 1 heterocycles. The van der Waals surface area contributed by atoms with Gasteiger partial charge < -0.3 is 9.47 Å². The molecule has 1 aliphatic heterocycles. The van der Waals surface area contributed by atoms with Crippen molar-refractivity contribution in [3.63, 3.8) is 0 Å². The van der Waals surface area contributed by atoms with Crippen LogP contribution in [0.3, 0.4) is 0 Å². The average Bonchev–Trinajstić information content (AvgIpc) is 3.14. The van der Waals surface area contributed by atoms with E-state index in [2.05, 4.69) is 24.5 Å². The Bertz CT molecular complexity index is 1300. The Morgan fingerprint density at radius 2 is 1.82 bits per heavy atom. The first-order chi connectivity index (χ1) is 18.3. The van der Waals surface area contributed by atoms with Crippen LogP contribution in [0.5, 0.6) is 11.5 Å². The molecule has 4 saturated carbocycles. The predicted octanol–water partition coefficient (Wildman–Crippen LogP) is 6.03. The number of thiocarbonyl (C=S) groups is 1. The number of nitrogens with one attached hydrogen (secondary N) is 1. The van der Waals surface area contributed by atoms with E-state index in [9.17, 15) is 9.59 Å². The Morgan fingerprint density at radius 3 is 2.47 bits per heavy atom. The van der Waals surface area contributed by atoms with Crippen molar-refractivity contribution in [3.8, 4) is 11.5 Å². The molecule has 6 nitrogen and oxygen atoms in total. The number of rotatable bonds is 7. The maximum absolute atomic E-state index is 13.5. The van der Waals surface area contributed by atoms with Crippen molar-refractivity contribution in [1.82, 2.24) is 10.4 Å². The highest BCUT2D eigenvalue weighted by Crippen LogP contribution is 2.60. The van der Waals surface area contributed by atoms with E-state index in [0.717, 1.165) is 30.4 Å². The molecule has 7 rings (SSSR count). The van der Waals surface area contributed by atoms with Gasteiger partial charge in [0.05, 0.1) is 17.4 Å². The van der Waals surface area contributed by atoms with Gasteiger partial charge in [-0.2, -0.15) is 5.01 Å². The summed E-state index contributed by atoms with van der Waals surface area (Å²) in [6.45, 7) is 2.48.